The van der Waals surface area contributed by atoms with E-state index >= 15 is 0 Å². The Kier molecular flexibility index (Phi) is 5.25. The second-order valence-corrected chi connectivity index (χ2v) is 7.74. The van der Waals surface area contributed by atoms with Gasteiger partial charge in [0.25, 0.3) is 5.91 Å². The lowest BCUT2D eigenvalue weighted by atomic mass is 10.0. The molecule has 0 bridgehead atoms. The van der Waals surface area contributed by atoms with Crippen LogP contribution < -0.4 is 5.32 Å². The number of aromatic nitrogens is 5. The number of hydrogen-bond acceptors (Lipinski definition) is 4. The number of carbonyl (C=O) groups is 1. The van der Waals surface area contributed by atoms with Crippen LogP contribution in [0.1, 0.15) is 36.2 Å². The lowest BCUT2D eigenvalue weighted by molar-refractivity contribution is 0.0917. The zero-order valence-electron chi connectivity index (χ0n) is 15.8. The van der Waals surface area contributed by atoms with Gasteiger partial charge in [-0.2, -0.15) is 5.10 Å². The molecule has 3 aromatic heterocycles. The van der Waals surface area contributed by atoms with Gasteiger partial charge in [-0.05, 0) is 42.3 Å². The quantitative estimate of drug-likeness (QED) is 0.512. The van der Waals surface area contributed by atoms with E-state index in [4.69, 9.17) is 23.2 Å². The highest BCUT2D eigenvalue weighted by Gasteiger charge is 2.25. The highest BCUT2D eigenvalue weighted by molar-refractivity contribution is 6.42. The molecule has 1 atom stereocenters. The Morgan fingerprint density at radius 2 is 1.86 bits per heavy atom. The molecule has 0 aliphatic heterocycles. The molecule has 4 rings (SSSR count). The molecular formula is C20H18Cl2N6O. The van der Waals surface area contributed by atoms with Crippen LogP contribution in [0.4, 0.5) is 0 Å². The first-order chi connectivity index (χ1) is 13.9. The molecule has 0 aliphatic carbocycles. The van der Waals surface area contributed by atoms with Gasteiger partial charge in [-0.25, -0.2) is 4.68 Å². The molecule has 0 radical (unpaired) electrons. The van der Waals surface area contributed by atoms with Gasteiger partial charge in [-0.1, -0.05) is 43.1 Å². The summed E-state index contributed by atoms with van der Waals surface area (Å²) in [5.74, 6) is 0.478. The van der Waals surface area contributed by atoms with Crippen LogP contribution in [0.25, 0.3) is 11.3 Å². The van der Waals surface area contributed by atoms with Crippen molar-refractivity contribution in [1.29, 1.82) is 0 Å². The van der Waals surface area contributed by atoms with Crippen LogP contribution in [0.2, 0.25) is 10.0 Å². The number of halogens is 2. The molecule has 29 heavy (non-hydrogen) atoms. The standard InChI is InChI=1S/C20H18Cl2N6O/c1-12(2)18(19-25-24-17-5-3-4-9-27(17)19)23-20(29)16-8-10-28(26-16)13-6-7-14(21)15(22)11-13/h3-12,18H,1-2H3,(H,23,29). The second kappa shape index (κ2) is 7.85. The average molecular weight is 429 g/mol. The highest BCUT2D eigenvalue weighted by atomic mass is 35.5. The maximum atomic E-state index is 12.9. The fourth-order valence-corrected chi connectivity index (χ4v) is 3.33. The summed E-state index contributed by atoms with van der Waals surface area (Å²) in [7, 11) is 0. The van der Waals surface area contributed by atoms with Crippen molar-refractivity contribution in [2.75, 3.05) is 0 Å². The largest absolute Gasteiger partial charge is 0.340 e. The van der Waals surface area contributed by atoms with Crippen LogP contribution >= 0.6 is 23.2 Å². The molecule has 0 spiro atoms. The summed E-state index contributed by atoms with van der Waals surface area (Å²) in [6, 6.07) is 12.2. The van der Waals surface area contributed by atoms with Crippen molar-refractivity contribution in [2.45, 2.75) is 19.9 Å². The second-order valence-electron chi connectivity index (χ2n) is 6.93. The summed E-state index contributed by atoms with van der Waals surface area (Å²) in [5, 5.41) is 16.7. The maximum absolute atomic E-state index is 12.9. The molecule has 0 aliphatic rings. The third-order valence-electron chi connectivity index (χ3n) is 4.56. The van der Waals surface area contributed by atoms with Crippen LogP contribution in [0.15, 0.2) is 54.9 Å². The minimum Gasteiger partial charge on any atom is -0.340 e. The third-order valence-corrected chi connectivity index (χ3v) is 5.30. The van der Waals surface area contributed by atoms with E-state index in [0.717, 1.165) is 5.65 Å². The van der Waals surface area contributed by atoms with Gasteiger partial charge < -0.3 is 5.32 Å². The third kappa shape index (κ3) is 3.83. The number of benzene rings is 1. The van der Waals surface area contributed by atoms with Crippen LogP contribution in [-0.4, -0.2) is 30.3 Å². The van der Waals surface area contributed by atoms with Crippen LogP contribution in [0, 0.1) is 5.92 Å². The van der Waals surface area contributed by atoms with Crippen molar-refractivity contribution < 1.29 is 4.79 Å². The van der Waals surface area contributed by atoms with Gasteiger partial charge in [-0.15, -0.1) is 10.2 Å². The molecule has 0 saturated carbocycles. The van der Waals surface area contributed by atoms with Crippen LogP contribution in [-0.2, 0) is 0 Å². The number of pyridine rings is 1. The Balaban J connectivity index is 1.59. The summed E-state index contributed by atoms with van der Waals surface area (Å²) < 4.78 is 3.45. The van der Waals surface area contributed by atoms with Gasteiger partial charge in [0.1, 0.15) is 0 Å². The number of nitrogens with one attached hydrogen (secondary N) is 1. The first-order valence-corrected chi connectivity index (χ1v) is 9.81. The number of nitrogens with zero attached hydrogens (tertiary/aromatic N) is 5. The maximum Gasteiger partial charge on any atom is 0.272 e. The van der Waals surface area contributed by atoms with Crippen LogP contribution in [0.3, 0.4) is 0 Å². The Hall–Kier alpha value is -2.90. The first kappa shape index (κ1) is 19.4. The predicted molar refractivity (Wildman–Crippen MR) is 112 cm³/mol. The number of hydrogen-bond donors (Lipinski definition) is 1. The van der Waals surface area contributed by atoms with Gasteiger partial charge in [0, 0.05) is 12.4 Å². The number of carbonyl (C=O) groups excluding carboxylic acids is 1. The lowest BCUT2D eigenvalue weighted by Crippen LogP contribution is -2.33. The number of amides is 1. The van der Waals surface area contributed by atoms with E-state index < -0.39 is 0 Å². The molecule has 1 N–H and O–H groups in total. The molecule has 1 amide bonds. The van der Waals surface area contributed by atoms with E-state index in [1.165, 1.54) is 0 Å². The average Bonchev–Trinajstić information content (AvgIpc) is 3.35. The van der Waals surface area contributed by atoms with E-state index in [1.807, 2.05) is 42.6 Å². The molecule has 1 unspecified atom stereocenters. The van der Waals surface area contributed by atoms with Gasteiger partial charge in [0.15, 0.2) is 17.2 Å². The molecule has 1 aromatic carbocycles. The molecule has 7 nitrogen and oxygen atoms in total. The van der Waals surface area contributed by atoms with Crippen molar-refractivity contribution in [3.63, 3.8) is 0 Å². The highest BCUT2D eigenvalue weighted by Crippen LogP contribution is 2.25. The van der Waals surface area contributed by atoms with Crippen molar-refractivity contribution >= 4 is 34.8 Å². The van der Waals surface area contributed by atoms with E-state index in [-0.39, 0.29) is 23.6 Å². The molecule has 3 heterocycles. The lowest BCUT2D eigenvalue weighted by Gasteiger charge is -2.20. The smallest absolute Gasteiger partial charge is 0.272 e. The molecule has 4 aromatic rings. The molecular weight excluding hydrogens is 411 g/mol. The molecule has 0 saturated heterocycles. The summed E-state index contributed by atoms with van der Waals surface area (Å²) in [4.78, 5) is 12.9. The Morgan fingerprint density at radius 1 is 1.03 bits per heavy atom. The predicted octanol–water partition coefficient (Wildman–Crippen LogP) is 4.35. The normalized spacial score (nSPS) is 12.4. The van der Waals surface area contributed by atoms with E-state index in [2.05, 4.69) is 20.6 Å². The first-order valence-electron chi connectivity index (χ1n) is 9.05. The van der Waals surface area contributed by atoms with Gasteiger partial charge in [0.2, 0.25) is 0 Å². The van der Waals surface area contributed by atoms with E-state index in [0.29, 0.717) is 21.6 Å². The fourth-order valence-electron chi connectivity index (χ4n) is 3.03. The van der Waals surface area contributed by atoms with Crippen LogP contribution in [0.5, 0.6) is 0 Å². The monoisotopic (exact) mass is 428 g/mol. The van der Waals surface area contributed by atoms with Crippen molar-refractivity contribution in [3.8, 4) is 5.69 Å². The van der Waals surface area contributed by atoms with E-state index in [1.54, 1.807) is 35.1 Å². The zero-order chi connectivity index (χ0) is 20.5. The van der Waals surface area contributed by atoms with Crippen molar-refractivity contribution in [1.82, 2.24) is 29.7 Å². The molecule has 148 valence electrons. The molecule has 9 heteroatoms. The fraction of sp³-hybridized carbons (Fsp3) is 0.200. The van der Waals surface area contributed by atoms with Crippen molar-refractivity contribution in [2.24, 2.45) is 5.92 Å². The Bertz CT molecular complexity index is 1180. The van der Waals surface area contributed by atoms with Gasteiger partial charge in [-0.3, -0.25) is 9.20 Å². The summed E-state index contributed by atoms with van der Waals surface area (Å²) >= 11 is 12.0. The van der Waals surface area contributed by atoms with Crippen molar-refractivity contribution in [3.05, 3.63) is 76.4 Å². The molecule has 0 fully saturated rings. The number of rotatable bonds is 5. The minimum absolute atomic E-state index is 0.101. The summed E-state index contributed by atoms with van der Waals surface area (Å²) in [5.41, 5.74) is 1.73. The number of fused-ring (bicyclic) bond motifs is 1. The van der Waals surface area contributed by atoms with Gasteiger partial charge >= 0.3 is 0 Å². The Morgan fingerprint density at radius 3 is 2.62 bits per heavy atom. The topological polar surface area (TPSA) is 77.1 Å². The summed E-state index contributed by atoms with van der Waals surface area (Å²) in [6.45, 7) is 4.03. The minimum atomic E-state index is -0.324. The Labute approximate surface area is 177 Å². The van der Waals surface area contributed by atoms with Gasteiger partial charge in [0.05, 0.1) is 21.8 Å². The SMILES string of the molecule is CC(C)C(NC(=O)c1ccn(-c2ccc(Cl)c(Cl)c2)n1)c1nnc2ccccn12. The zero-order valence-corrected chi connectivity index (χ0v) is 17.3. The van der Waals surface area contributed by atoms with E-state index in [9.17, 15) is 4.79 Å². The summed E-state index contributed by atoms with van der Waals surface area (Å²) in [6.07, 6.45) is 3.58.